The van der Waals surface area contributed by atoms with Crippen molar-refractivity contribution < 1.29 is 9.84 Å². The Hall–Kier alpha value is -0.120. The third-order valence-corrected chi connectivity index (χ3v) is 5.12. The summed E-state index contributed by atoms with van der Waals surface area (Å²) in [4.78, 5) is 0. The van der Waals surface area contributed by atoms with Crippen molar-refractivity contribution in [2.45, 2.75) is 45.4 Å². The number of hydrogen-bond donors (Lipinski definition) is 2. The molecule has 1 saturated heterocycles. The largest absolute Gasteiger partial charge is 0.366 e. The molecule has 2 aliphatic rings. The van der Waals surface area contributed by atoms with E-state index in [0.717, 1.165) is 12.8 Å². The molecule has 1 heterocycles. The van der Waals surface area contributed by atoms with Crippen LogP contribution in [0.15, 0.2) is 0 Å². The van der Waals surface area contributed by atoms with Gasteiger partial charge in [0.2, 0.25) is 0 Å². The van der Waals surface area contributed by atoms with E-state index in [4.69, 9.17) is 4.74 Å². The van der Waals surface area contributed by atoms with Crippen molar-refractivity contribution in [2.24, 2.45) is 10.8 Å². The molecule has 2 bridgehead atoms. The molecular formula is C11H21NO2. The molecule has 3 unspecified atom stereocenters. The summed E-state index contributed by atoms with van der Waals surface area (Å²) in [5.74, 6) is 0. The zero-order valence-corrected chi connectivity index (χ0v) is 9.55. The van der Waals surface area contributed by atoms with E-state index in [0.29, 0.717) is 6.61 Å². The standard InChI is InChI=1S/C11H21NO2/c1-9(2)10(3)5-6-11(9,12-4)8(13)14-7-10/h8,12-13H,5-7H2,1-4H3. The second kappa shape index (κ2) is 2.71. The minimum absolute atomic E-state index is 0.0758. The molecule has 3 nitrogen and oxygen atoms in total. The summed E-state index contributed by atoms with van der Waals surface area (Å²) in [6.45, 7) is 7.41. The van der Waals surface area contributed by atoms with Gasteiger partial charge in [-0.3, -0.25) is 0 Å². The lowest BCUT2D eigenvalue weighted by Gasteiger charge is -2.54. The molecule has 3 heteroatoms. The van der Waals surface area contributed by atoms with Crippen molar-refractivity contribution in [2.75, 3.05) is 13.7 Å². The molecule has 0 amide bonds. The first-order chi connectivity index (χ1) is 6.40. The molecule has 1 aliphatic heterocycles. The SMILES string of the molecule is CNC12CCC(C)(COC1O)C2(C)C. The van der Waals surface area contributed by atoms with Crippen molar-refractivity contribution in [1.82, 2.24) is 5.32 Å². The second-order valence-corrected chi connectivity index (χ2v) is 5.57. The lowest BCUT2D eigenvalue weighted by atomic mass is 9.61. The van der Waals surface area contributed by atoms with Crippen molar-refractivity contribution in [3.8, 4) is 0 Å². The number of rotatable bonds is 1. The minimum Gasteiger partial charge on any atom is -0.366 e. The first-order valence-electron chi connectivity index (χ1n) is 5.38. The minimum atomic E-state index is -0.668. The Bertz CT molecular complexity index is 254. The average Bonchev–Trinajstić information content (AvgIpc) is 2.26. The van der Waals surface area contributed by atoms with Crippen LogP contribution >= 0.6 is 0 Å². The van der Waals surface area contributed by atoms with Crippen LogP contribution in [0.5, 0.6) is 0 Å². The van der Waals surface area contributed by atoms with Gasteiger partial charge in [-0.1, -0.05) is 20.8 Å². The van der Waals surface area contributed by atoms with Crippen LogP contribution in [0.4, 0.5) is 0 Å². The van der Waals surface area contributed by atoms with Gasteiger partial charge >= 0.3 is 0 Å². The monoisotopic (exact) mass is 199 g/mol. The van der Waals surface area contributed by atoms with Crippen LogP contribution in [0, 0.1) is 10.8 Å². The molecule has 2 rings (SSSR count). The lowest BCUT2D eigenvalue weighted by molar-refractivity contribution is -0.240. The van der Waals surface area contributed by atoms with Gasteiger partial charge < -0.3 is 15.2 Å². The number of hydrogen-bond acceptors (Lipinski definition) is 3. The normalized spacial score (nSPS) is 50.8. The highest BCUT2D eigenvalue weighted by molar-refractivity contribution is 5.17. The van der Waals surface area contributed by atoms with Gasteiger partial charge in [0.25, 0.3) is 0 Å². The van der Waals surface area contributed by atoms with E-state index >= 15 is 0 Å². The molecule has 0 radical (unpaired) electrons. The van der Waals surface area contributed by atoms with Gasteiger partial charge in [0.15, 0.2) is 6.29 Å². The first kappa shape index (κ1) is 10.4. The zero-order valence-electron chi connectivity index (χ0n) is 9.55. The van der Waals surface area contributed by atoms with Crippen LogP contribution in [0.3, 0.4) is 0 Å². The maximum Gasteiger partial charge on any atom is 0.173 e. The molecule has 1 aliphatic carbocycles. The molecule has 0 spiro atoms. The van der Waals surface area contributed by atoms with Crippen LogP contribution in [0.25, 0.3) is 0 Å². The molecule has 0 aromatic rings. The van der Waals surface area contributed by atoms with Crippen LogP contribution in [-0.2, 0) is 4.74 Å². The van der Waals surface area contributed by atoms with Gasteiger partial charge in [0.05, 0.1) is 12.1 Å². The summed E-state index contributed by atoms with van der Waals surface area (Å²) in [6, 6.07) is 0. The van der Waals surface area contributed by atoms with Crippen molar-refractivity contribution >= 4 is 0 Å². The third-order valence-electron chi connectivity index (χ3n) is 5.12. The summed E-state index contributed by atoms with van der Waals surface area (Å²) in [5.41, 5.74) is 0.00164. The van der Waals surface area contributed by atoms with E-state index in [1.807, 2.05) is 7.05 Å². The van der Waals surface area contributed by atoms with Crippen molar-refractivity contribution in [3.05, 3.63) is 0 Å². The second-order valence-electron chi connectivity index (χ2n) is 5.57. The third kappa shape index (κ3) is 0.884. The van der Waals surface area contributed by atoms with E-state index < -0.39 is 6.29 Å². The zero-order chi connectivity index (χ0) is 10.6. The Morgan fingerprint density at radius 2 is 1.93 bits per heavy atom. The van der Waals surface area contributed by atoms with Crippen LogP contribution in [0.2, 0.25) is 0 Å². The summed E-state index contributed by atoms with van der Waals surface area (Å²) >= 11 is 0. The first-order valence-corrected chi connectivity index (χ1v) is 5.38. The molecule has 2 N–H and O–H groups in total. The van der Waals surface area contributed by atoms with Crippen molar-refractivity contribution in [3.63, 3.8) is 0 Å². The molecule has 3 atom stereocenters. The quantitative estimate of drug-likeness (QED) is 0.665. The molecular weight excluding hydrogens is 178 g/mol. The van der Waals surface area contributed by atoms with Crippen LogP contribution < -0.4 is 5.32 Å². The predicted molar refractivity (Wildman–Crippen MR) is 54.9 cm³/mol. The number of fused-ring (bicyclic) bond motifs is 2. The van der Waals surface area contributed by atoms with Gasteiger partial charge in [0, 0.05) is 0 Å². The molecule has 0 aromatic heterocycles. The summed E-state index contributed by atoms with van der Waals surface area (Å²) in [6.07, 6.45) is 1.45. The Labute approximate surface area is 85.8 Å². The highest BCUT2D eigenvalue weighted by Gasteiger charge is 2.66. The van der Waals surface area contributed by atoms with Gasteiger partial charge in [0.1, 0.15) is 0 Å². The number of nitrogens with one attached hydrogen (secondary N) is 1. The van der Waals surface area contributed by atoms with Gasteiger partial charge in [-0.15, -0.1) is 0 Å². The number of aliphatic hydroxyl groups is 1. The van der Waals surface area contributed by atoms with E-state index in [2.05, 4.69) is 26.1 Å². The molecule has 1 saturated carbocycles. The van der Waals surface area contributed by atoms with E-state index in [-0.39, 0.29) is 16.4 Å². The van der Waals surface area contributed by atoms with E-state index in [1.54, 1.807) is 0 Å². The van der Waals surface area contributed by atoms with Gasteiger partial charge in [-0.2, -0.15) is 0 Å². The van der Waals surface area contributed by atoms with Crippen LogP contribution in [0.1, 0.15) is 33.6 Å². The summed E-state index contributed by atoms with van der Waals surface area (Å²) < 4.78 is 5.49. The Kier molecular flexibility index (Phi) is 2.02. The number of ether oxygens (including phenoxy) is 1. The number of likely N-dealkylation sites (N-methyl/N-ethyl adjacent to an activating group) is 1. The molecule has 14 heavy (non-hydrogen) atoms. The van der Waals surface area contributed by atoms with Crippen LogP contribution in [-0.4, -0.2) is 30.6 Å². The van der Waals surface area contributed by atoms with E-state index in [9.17, 15) is 5.11 Å². The fourth-order valence-electron chi connectivity index (χ4n) is 3.29. The fraction of sp³-hybridized carbons (Fsp3) is 1.00. The topological polar surface area (TPSA) is 41.5 Å². The van der Waals surface area contributed by atoms with Gasteiger partial charge in [-0.25, -0.2) is 0 Å². The fourth-order valence-corrected chi connectivity index (χ4v) is 3.29. The smallest absolute Gasteiger partial charge is 0.173 e. The van der Waals surface area contributed by atoms with Gasteiger partial charge in [-0.05, 0) is 30.7 Å². The average molecular weight is 199 g/mol. The summed E-state index contributed by atoms with van der Waals surface area (Å²) in [7, 11) is 1.92. The lowest BCUT2D eigenvalue weighted by Crippen LogP contribution is -2.66. The highest BCUT2D eigenvalue weighted by Crippen LogP contribution is 2.61. The maximum atomic E-state index is 10.0. The Morgan fingerprint density at radius 1 is 1.29 bits per heavy atom. The molecule has 2 fully saturated rings. The Morgan fingerprint density at radius 3 is 2.43 bits per heavy atom. The predicted octanol–water partition coefficient (Wildman–Crippen LogP) is 1.12. The van der Waals surface area contributed by atoms with E-state index in [1.165, 1.54) is 0 Å². The van der Waals surface area contributed by atoms with Crippen molar-refractivity contribution in [1.29, 1.82) is 0 Å². The highest BCUT2D eigenvalue weighted by atomic mass is 16.6. The molecule has 82 valence electrons. The summed E-state index contributed by atoms with van der Waals surface area (Å²) in [5, 5.41) is 13.3. The maximum absolute atomic E-state index is 10.0. The Balaban J connectivity index is 2.47. The number of aliphatic hydroxyl groups excluding tert-OH is 1. The molecule has 0 aromatic carbocycles.